The summed E-state index contributed by atoms with van der Waals surface area (Å²) in [6, 6.07) is 7.83. The van der Waals surface area contributed by atoms with E-state index in [9.17, 15) is 5.26 Å². The molecule has 0 aliphatic carbocycles. The summed E-state index contributed by atoms with van der Waals surface area (Å²) >= 11 is 14.1. The van der Waals surface area contributed by atoms with Crippen molar-refractivity contribution in [3.05, 3.63) is 40.1 Å². The van der Waals surface area contributed by atoms with E-state index in [0.29, 0.717) is 34.6 Å². The third kappa shape index (κ3) is 3.38. The lowest BCUT2D eigenvalue weighted by molar-refractivity contribution is 0.0346. The molecule has 1 saturated heterocycles. The smallest absolute Gasteiger partial charge is 0.171 e. The molecule has 144 valence electrons. The van der Waals surface area contributed by atoms with Gasteiger partial charge in [0.15, 0.2) is 5.82 Å². The van der Waals surface area contributed by atoms with E-state index < -0.39 is 0 Å². The first-order chi connectivity index (χ1) is 13.5. The number of H-pyrrole nitrogens is 1. The van der Waals surface area contributed by atoms with Crippen molar-refractivity contribution in [2.24, 2.45) is 0 Å². The minimum absolute atomic E-state index is 0.0844. The second-order valence-electron chi connectivity index (χ2n) is 6.71. The molecule has 0 spiro atoms. The Kier molecular flexibility index (Phi) is 5.30. The summed E-state index contributed by atoms with van der Waals surface area (Å²) in [6.07, 6.45) is 1.61. The molecule has 4 rings (SSSR count). The molecular formula is C19H17Cl2N5OS. The van der Waals surface area contributed by atoms with E-state index in [1.807, 2.05) is 13.0 Å². The van der Waals surface area contributed by atoms with Gasteiger partial charge in [0.05, 0.1) is 29.2 Å². The molecule has 1 aliphatic heterocycles. The van der Waals surface area contributed by atoms with Crippen LogP contribution in [0.15, 0.2) is 24.5 Å². The Hall–Kier alpha value is -2.11. The average molecular weight is 434 g/mol. The van der Waals surface area contributed by atoms with Gasteiger partial charge in [0.1, 0.15) is 17.4 Å². The number of halogens is 2. The maximum atomic E-state index is 10.1. The normalized spacial score (nSPS) is 19.6. The number of nitrogens with zero attached hydrogens (tertiary/aromatic N) is 4. The molecule has 0 amide bonds. The zero-order valence-corrected chi connectivity index (χ0v) is 17.6. The summed E-state index contributed by atoms with van der Waals surface area (Å²) in [5, 5.41) is 20.1. The molecule has 1 aromatic carbocycles. The van der Waals surface area contributed by atoms with Crippen LogP contribution in [-0.2, 0) is 4.74 Å². The number of hydrogen-bond acceptors (Lipinski definition) is 6. The van der Waals surface area contributed by atoms with Gasteiger partial charge in [-0.05, 0) is 26.0 Å². The summed E-state index contributed by atoms with van der Waals surface area (Å²) in [5.41, 5.74) is 2.05. The van der Waals surface area contributed by atoms with E-state index in [4.69, 9.17) is 27.9 Å². The molecule has 28 heavy (non-hydrogen) atoms. The van der Waals surface area contributed by atoms with Gasteiger partial charge in [-0.15, -0.1) is 21.5 Å². The van der Waals surface area contributed by atoms with Gasteiger partial charge in [-0.2, -0.15) is 5.26 Å². The molecule has 1 fully saturated rings. The highest BCUT2D eigenvalue weighted by Gasteiger charge is 2.31. The number of hydrogen-bond donors (Lipinski definition) is 1. The van der Waals surface area contributed by atoms with Crippen LogP contribution in [0.5, 0.6) is 0 Å². The predicted molar refractivity (Wildman–Crippen MR) is 112 cm³/mol. The second kappa shape index (κ2) is 7.72. The number of ether oxygens (including phenoxy) is 1. The maximum absolute atomic E-state index is 10.1. The number of anilines is 1. The molecule has 1 unspecified atom stereocenters. The SMILES string of the molecule is CC1CO[C@H](C)CN1c1sc(-c2nnc[nH]2)c(-c2ccc(Cl)cc2Cl)c1C#N. The van der Waals surface area contributed by atoms with Crippen molar-refractivity contribution in [3.8, 4) is 27.9 Å². The fourth-order valence-corrected chi connectivity index (χ4v) is 5.17. The van der Waals surface area contributed by atoms with Crippen LogP contribution >= 0.6 is 34.5 Å². The van der Waals surface area contributed by atoms with Gasteiger partial charge in [-0.3, -0.25) is 0 Å². The van der Waals surface area contributed by atoms with E-state index in [2.05, 4.69) is 33.1 Å². The topological polar surface area (TPSA) is 77.8 Å². The van der Waals surface area contributed by atoms with Gasteiger partial charge in [0, 0.05) is 27.7 Å². The number of aromatic amines is 1. The van der Waals surface area contributed by atoms with E-state index in [-0.39, 0.29) is 12.1 Å². The number of thiophene rings is 1. The molecule has 0 saturated carbocycles. The van der Waals surface area contributed by atoms with E-state index in [0.717, 1.165) is 21.0 Å². The zero-order valence-electron chi connectivity index (χ0n) is 15.2. The summed E-state index contributed by atoms with van der Waals surface area (Å²) in [5.74, 6) is 0.600. The van der Waals surface area contributed by atoms with Gasteiger partial charge in [0.25, 0.3) is 0 Å². The van der Waals surface area contributed by atoms with Crippen LogP contribution < -0.4 is 4.90 Å². The molecule has 3 aromatic rings. The fraction of sp³-hybridized carbons (Fsp3) is 0.316. The highest BCUT2D eigenvalue weighted by atomic mass is 35.5. The van der Waals surface area contributed by atoms with E-state index in [1.54, 1.807) is 12.1 Å². The Morgan fingerprint density at radius 2 is 2.18 bits per heavy atom. The average Bonchev–Trinajstić information content (AvgIpc) is 3.31. The van der Waals surface area contributed by atoms with Gasteiger partial charge in [-0.25, -0.2) is 0 Å². The molecule has 3 heterocycles. The van der Waals surface area contributed by atoms with Gasteiger partial charge < -0.3 is 14.6 Å². The zero-order chi connectivity index (χ0) is 19.8. The van der Waals surface area contributed by atoms with Crippen LogP contribution in [-0.4, -0.2) is 40.5 Å². The lowest BCUT2D eigenvalue weighted by Gasteiger charge is -2.37. The third-order valence-electron chi connectivity index (χ3n) is 4.70. The second-order valence-corrected chi connectivity index (χ2v) is 8.55. The van der Waals surface area contributed by atoms with Crippen LogP contribution in [0.2, 0.25) is 10.0 Å². The molecule has 2 atom stereocenters. The van der Waals surface area contributed by atoms with Crippen molar-refractivity contribution in [1.82, 2.24) is 15.2 Å². The van der Waals surface area contributed by atoms with Gasteiger partial charge >= 0.3 is 0 Å². The minimum Gasteiger partial charge on any atom is -0.375 e. The first kappa shape index (κ1) is 19.2. The number of benzene rings is 1. The first-order valence-electron chi connectivity index (χ1n) is 8.76. The van der Waals surface area contributed by atoms with Crippen LogP contribution in [0.3, 0.4) is 0 Å². The van der Waals surface area contributed by atoms with Crippen molar-refractivity contribution >= 4 is 39.5 Å². The highest BCUT2D eigenvalue weighted by molar-refractivity contribution is 7.20. The van der Waals surface area contributed by atoms with E-state index >= 15 is 0 Å². The van der Waals surface area contributed by atoms with Crippen LogP contribution in [0.1, 0.15) is 19.4 Å². The van der Waals surface area contributed by atoms with Crippen LogP contribution in [0, 0.1) is 11.3 Å². The Morgan fingerprint density at radius 3 is 2.86 bits per heavy atom. The Labute approximate surface area is 176 Å². The molecule has 0 bridgehead atoms. The monoisotopic (exact) mass is 433 g/mol. The first-order valence-corrected chi connectivity index (χ1v) is 10.3. The predicted octanol–water partition coefficient (Wildman–Crippen LogP) is 4.99. The van der Waals surface area contributed by atoms with Gasteiger partial charge in [-0.1, -0.05) is 29.3 Å². The molecule has 2 aromatic heterocycles. The molecule has 6 nitrogen and oxygen atoms in total. The van der Waals surface area contributed by atoms with Crippen molar-refractivity contribution in [2.75, 3.05) is 18.1 Å². The summed E-state index contributed by atoms with van der Waals surface area (Å²) < 4.78 is 5.76. The number of aromatic nitrogens is 3. The summed E-state index contributed by atoms with van der Waals surface area (Å²) in [7, 11) is 0. The molecule has 1 N–H and O–H groups in total. The van der Waals surface area contributed by atoms with Crippen molar-refractivity contribution in [3.63, 3.8) is 0 Å². The lowest BCUT2D eigenvalue weighted by atomic mass is 10.0. The lowest BCUT2D eigenvalue weighted by Crippen LogP contribution is -2.47. The Bertz CT molecular complexity index is 1040. The quantitative estimate of drug-likeness (QED) is 0.628. The van der Waals surface area contributed by atoms with Crippen molar-refractivity contribution in [1.29, 1.82) is 5.26 Å². The number of rotatable bonds is 3. The molecular weight excluding hydrogens is 417 g/mol. The number of morpholine rings is 1. The maximum Gasteiger partial charge on any atom is 0.171 e. The minimum atomic E-state index is 0.0844. The largest absolute Gasteiger partial charge is 0.375 e. The van der Waals surface area contributed by atoms with Crippen LogP contribution in [0.4, 0.5) is 5.00 Å². The molecule has 0 radical (unpaired) electrons. The summed E-state index contributed by atoms with van der Waals surface area (Å²) in [6.45, 7) is 5.45. The molecule has 1 aliphatic rings. The number of nitriles is 1. The third-order valence-corrected chi connectivity index (χ3v) is 6.48. The Morgan fingerprint density at radius 1 is 1.36 bits per heavy atom. The van der Waals surface area contributed by atoms with Gasteiger partial charge in [0.2, 0.25) is 0 Å². The Balaban J connectivity index is 1.96. The highest BCUT2D eigenvalue weighted by Crippen LogP contribution is 2.48. The number of nitrogens with one attached hydrogen (secondary N) is 1. The van der Waals surface area contributed by atoms with E-state index in [1.165, 1.54) is 17.7 Å². The standard InChI is InChI=1S/C19H17Cl2N5OS/c1-10-8-27-11(2)7-26(10)19-14(6-22)16(13-4-3-12(20)5-15(13)21)17(28-19)18-23-9-24-25-18/h3-5,9-11H,7-8H2,1-2H3,(H,23,24,25)/t10?,11-/m1/s1. The van der Waals surface area contributed by atoms with Crippen LogP contribution in [0.25, 0.3) is 21.8 Å². The molecule has 9 heteroatoms. The van der Waals surface area contributed by atoms with Crippen molar-refractivity contribution < 1.29 is 4.74 Å². The fourth-order valence-electron chi connectivity index (χ4n) is 3.34. The van der Waals surface area contributed by atoms with Crippen molar-refractivity contribution in [2.45, 2.75) is 26.0 Å². The summed E-state index contributed by atoms with van der Waals surface area (Å²) in [4.78, 5) is 6.09.